The summed E-state index contributed by atoms with van der Waals surface area (Å²) >= 11 is 0. The van der Waals surface area contributed by atoms with Gasteiger partial charge < -0.3 is 0 Å². The lowest BCUT2D eigenvalue weighted by Gasteiger charge is -2.13. The lowest BCUT2D eigenvalue weighted by molar-refractivity contribution is -0.0104. The minimum absolute atomic E-state index is 0.0522. The van der Waals surface area contributed by atoms with E-state index in [0.717, 1.165) is 6.07 Å². The lowest BCUT2D eigenvalue weighted by atomic mass is 10.1. The number of carbonyl (C=O) groups excluding carboxylic acids is 3. The first-order valence-corrected chi connectivity index (χ1v) is 7.83. The van der Waals surface area contributed by atoms with Gasteiger partial charge in [0.25, 0.3) is 11.8 Å². The first kappa shape index (κ1) is 15.1. The van der Waals surface area contributed by atoms with E-state index in [9.17, 15) is 22.8 Å². The number of imide groups is 1. The van der Waals surface area contributed by atoms with E-state index < -0.39 is 26.8 Å². The van der Waals surface area contributed by atoms with Crippen LogP contribution in [0.1, 0.15) is 31.1 Å². The van der Waals surface area contributed by atoms with Crippen LogP contribution in [0.15, 0.2) is 53.4 Å². The molecule has 1 heterocycles. The van der Waals surface area contributed by atoms with Crippen LogP contribution in [0, 0.1) is 0 Å². The molecule has 2 aromatic carbocycles. The molecule has 0 N–H and O–H groups in total. The summed E-state index contributed by atoms with van der Waals surface area (Å²) in [5.74, 6) is -1.75. The quantitative estimate of drug-likeness (QED) is 0.621. The molecule has 23 heavy (non-hydrogen) atoms. The standard InChI is InChI=1S/C15H9NO6S/c17-9-10-5-1-4-8-13(10)23(20,21)22-16-14(18)11-6-2-3-7-12(11)15(16)19/h1-9H. The summed E-state index contributed by atoms with van der Waals surface area (Å²) < 4.78 is 29.2. The van der Waals surface area contributed by atoms with Crippen molar-refractivity contribution in [3.63, 3.8) is 0 Å². The first-order valence-electron chi connectivity index (χ1n) is 6.42. The van der Waals surface area contributed by atoms with E-state index in [0.29, 0.717) is 6.29 Å². The Morgan fingerprint density at radius 1 is 0.870 bits per heavy atom. The highest BCUT2D eigenvalue weighted by molar-refractivity contribution is 7.86. The summed E-state index contributed by atoms with van der Waals surface area (Å²) in [5, 5.41) is 0.182. The van der Waals surface area contributed by atoms with Gasteiger partial charge in [-0.1, -0.05) is 30.3 Å². The monoisotopic (exact) mass is 331 g/mol. The maximum atomic E-state index is 12.3. The van der Waals surface area contributed by atoms with Crippen molar-refractivity contribution in [3.8, 4) is 0 Å². The van der Waals surface area contributed by atoms with Crippen LogP contribution in [0.4, 0.5) is 0 Å². The van der Waals surface area contributed by atoms with E-state index in [2.05, 4.69) is 4.28 Å². The highest BCUT2D eigenvalue weighted by atomic mass is 32.2. The molecule has 0 unspecified atom stereocenters. The van der Waals surface area contributed by atoms with Crippen LogP contribution in [-0.2, 0) is 14.4 Å². The molecule has 0 fully saturated rings. The van der Waals surface area contributed by atoms with Gasteiger partial charge in [0.05, 0.1) is 11.1 Å². The maximum Gasteiger partial charge on any atom is 0.318 e. The largest absolute Gasteiger partial charge is 0.318 e. The van der Waals surface area contributed by atoms with Crippen LogP contribution in [-0.4, -0.2) is 31.6 Å². The third kappa shape index (κ3) is 2.43. The molecule has 2 amide bonds. The molecule has 0 saturated heterocycles. The second-order valence-corrected chi connectivity index (χ2v) is 6.13. The van der Waals surface area contributed by atoms with Gasteiger partial charge >= 0.3 is 10.1 Å². The van der Waals surface area contributed by atoms with E-state index >= 15 is 0 Å². The maximum absolute atomic E-state index is 12.3. The number of hydroxylamine groups is 2. The summed E-state index contributed by atoms with van der Waals surface area (Å²) in [6.45, 7) is 0. The molecule has 0 radical (unpaired) electrons. The SMILES string of the molecule is O=Cc1ccccc1S(=O)(=O)ON1C(=O)c2ccccc2C1=O. The van der Waals surface area contributed by atoms with Crippen LogP contribution in [0.2, 0.25) is 0 Å². The predicted octanol–water partition coefficient (Wildman–Crippen LogP) is 1.42. The van der Waals surface area contributed by atoms with Gasteiger partial charge in [0.1, 0.15) is 4.90 Å². The third-order valence-electron chi connectivity index (χ3n) is 3.24. The second-order valence-electron chi connectivity index (χ2n) is 4.63. The Morgan fingerprint density at radius 2 is 1.39 bits per heavy atom. The van der Waals surface area contributed by atoms with Crippen molar-refractivity contribution in [3.05, 3.63) is 65.2 Å². The zero-order chi connectivity index (χ0) is 16.6. The Hall–Kier alpha value is -2.84. The minimum atomic E-state index is -4.52. The van der Waals surface area contributed by atoms with E-state index in [1.165, 1.54) is 30.3 Å². The summed E-state index contributed by atoms with van der Waals surface area (Å²) in [5.41, 5.74) is -0.0307. The summed E-state index contributed by atoms with van der Waals surface area (Å²) in [4.78, 5) is 34.8. The van der Waals surface area contributed by atoms with Crippen LogP contribution < -0.4 is 0 Å². The van der Waals surface area contributed by atoms with Gasteiger partial charge in [-0.05, 0) is 18.2 Å². The smallest absolute Gasteiger partial charge is 0.298 e. The van der Waals surface area contributed by atoms with Gasteiger partial charge in [0, 0.05) is 5.56 Å². The van der Waals surface area contributed by atoms with E-state index in [4.69, 9.17) is 0 Å². The van der Waals surface area contributed by atoms with E-state index in [1.807, 2.05) is 0 Å². The Labute approximate surface area is 131 Å². The predicted molar refractivity (Wildman–Crippen MR) is 77.0 cm³/mol. The third-order valence-corrected chi connectivity index (χ3v) is 4.50. The fourth-order valence-electron chi connectivity index (χ4n) is 2.18. The number of rotatable bonds is 4. The average molecular weight is 331 g/mol. The number of aldehydes is 1. The van der Waals surface area contributed by atoms with Crippen molar-refractivity contribution in [1.29, 1.82) is 0 Å². The van der Waals surface area contributed by atoms with Crippen LogP contribution in [0.5, 0.6) is 0 Å². The Kier molecular flexibility index (Phi) is 3.55. The topological polar surface area (TPSA) is 97.8 Å². The number of hydrogen-bond donors (Lipinski definition) is 0. The van der Waals surface area contributed by atoms with Crippen molar-refractivity contribution in [2.24, 2.45) is 0 Å². The number of carbonyl (C=O) groups is 3. The van der Waals surface area contributed by atoms with Crippen molar-refractivity contribution in [2.45, 2.75) is 4.90 Å². The molecule has 2 aromatic rings. The van der Waals surface area contributed by atoms with Crippen LogP contribution in [0.25, 0.3) is 0 Å². The van der Waals surface area contributed by atoms with Crippen molar-refractivity contribution >= 4 is 28.2 Å². The molecule has 1 aliphatic heterocycles. The molecule has 7 nitrogen and oxygen atoms in total. The van der Waals surface area contributed by atoms with Crippen molar-refractivity contribution in [1.82, 2.24) is 5.06 Å². The molecule has 0 aromatic heterocycles. The normalized spacial score (nSPS) is 14.0. The fourth-order valence-corrected chi connectivity index (χ4v) is 3.24. The number of amides is 2. The molecular formula is C15H9NO6S. The average Bonchev–Trinajstić information content (AvgIpc) is 2.80. The van der Waals surface area contributed by atoms with Gasteiger partial charge in [-0.3, -0.25) is 14.4 Å². The molecule has 1 aliphatic rings. The molecule has 0 atom stereocenters. The van der Waals surface area contributed by atoms with E-state index in [-0.39, 0.29) is 21.8 Å². The second kappa shape index (κ2) is 5.41. The highest BCUT2D eigenvalue weighted by Crippen LogP contribution is 2.26. The minimum Gasteiger partial charge on any atom is -0.298 e. The van der Waals surface area contributed by atoms with Gasteiger partial charge in [0.2, 0.25) is 0 Å². The molecule has 0 saturated carbocycles. The molecule has 3 rings (SSSR count). The first-order chi connectivity index (χ1) is 11.0. The summed E-state index contributed by atoms with van der Waals surface area (Å²) in [6, 6.07) is 11.2. The van der Waals surface area contributed by atoms with Gasteiger partial charge in [0.15, 0.2) is 6.29 Å². The summed E-state index contributed by atoms with van der Waals surface area (Å²) in [6.07, 6.45) is 0.346. The number of nitrogens with zero attached hydrogens (tertiary/aromatic N) is 1. The van der Waals surface area contributed by atoms with Crippen molar-refractivity contribution in [2.75, 3.05) is 0 Å². The van der Waals surface area contributed by atoms with Gasteiger partial charge in [-0.15, -0.1) is 9.35 Å². The zero-order valence-corrected chi connectivity index (χ0v) is 12.3. The van der Waals surface area contributed by atoms with E-state index in [1.54, 1.807) is 12.1 Å². The molecule has 0 aliphatic carbocycles. The van der Waals surface area contributed by atoms with Gasteiger partial charge in [-0.2, -0.15) is 8.42 Å². The Bertz CT molecular complexity index is 899. The van der Waals surface area contributed by atoms with Crippen LogP contribution >= 0.6 is 0 Å². The molecule has 0 spiro atoms. The molecule has 0 bridgehead atoms. The van der Waals surface area contributed by atoms with Crippen molar-refractivity contribution < 1.29 is 27.1 Å². The molecule has 116 valence electrons. The van der Waals surface area contributed by atoms with Gasteiger partial charge in [-0.25, -0.2) is 0 Å². The lowest BCUT2D eigenvalue weighted by Crippen LogP contribution is -2.33. The number of fused-ring (bicyclic) bond motifs is 1. The van der Waals surface area contributed by atoms with Crippen LogP contribution in [0.3, 0.4) is 0 Å². The zero-order valence-electron chi connectivity index (χ0n) is 11.5. The number of hydrogen-bond acceptors (Lipinski definition) is 6. The highest BCUT2D eigenvalue weighted by Gasteiger charge is 2.40. The Morgan fingerprint density at radius 3 is 1.96 bits per heavy atom. The number of benzene rings is 2. The molecule has 8 heteroatoms. The molecular weight excluding hydrogens is 322 g/mol. The fraction of sp³-hybridized carbons (Fsp3) is 0. The summed E-state index contributed by atoms with van der Waals surface area (Å²) in [7, 11) is -4.52. The Balaban J connectivity index is 1.98.